The van der Waals surface area contributed by atoms with E-state index < -0.39 is 0 Å². The van der Waals surface area contributed by atoms with Crippen LogP contribution in [-0.4, -0.2) is 26.3 Å². The highest BCUT2D eigenvalue weighted by Crippen LogP contribution is 2.28. The first-order valence-electron chi connectivity index (χ1n) is 9.46. The summed E-state index contributed by atoms with van der Waals surface area (Å²) in [7, 11) is 0. The average Bonchev–Trinajstić information content (AvgIpc) is 3.40. The second-order valence-corrected chi connectivity index (χ2v) is 8.79. The van der Waals surface area contributed by atoms with Crippen LogP contribution < -0.4 is 5.32 Å². The van der Waals surface area contributed by atoms with Crippen LogP contribution >= 0.6 is 23.1 Å². The number of hydrogen-bond donors (Lipinski definition) is 1. The van der Waals surface area contributed by atoms with Gasteiger partial charge in [-0.15, -0.1) is 10.2 Å². The minimum absolute atomic E-state index is 0.0425. The highest BCUT2D eigenvalue weighted by molar-refractivity contribution is 8.01. The van der Waals surface area contributed by atoms with Gasteiger partial charge in [-0.05, 0) is 11.6 Å². The molecule has 0 radical (unpaired) electrons. The number of anilines is 1. The number of nitrogens with one attached hydrogen (secondary N) is 1. The maximum absolute atomic E-state index is 12.9. The molecular formula is C22H19N5OS2. The number of aromatic nitrogens is 3. The maximum atomic E-state index is 12.9. The Morgan fingerprint density at radius 1 is 1.13 bits per heavy atom. The van der Waals surface area contributed by atoms with E-state index in [9.17, 15) is 4.79 Å². The molecule has 30 heavy (non-hydrogen) atoms. The fourth-order valence-corrected chi connectivity index (χ4v) is 4.77. The number of carbonyl (C=O) groups is 1. The van der Waals surface area contributed by atoms with Crippen molar-refractivity contribution in [2.24, 2.45) is 0 Å². The molecule has 2 heterocycles. The molecule has 4 aromatic rings. The van der Waals surface area contributed by atoms with Crippen LogP contribution in [0.4, 0.5) is 5.13 Å². The van der Waals surface area contributed by atoms with Crippen molar-refractivity contribution < 1.29 is 4.79 Å². The van der Waals surface area contributed by atoms with E-state index in [1.807, 2.05) is 53.2 Å². The molecule has 150 valence electrons. The smallest absolute Gasteiger partial charge is 0.206 e. The van der Waals surface area contributed by atoms with Gasteiger partial charge in [0.15, 0.2) is 10.1 Å². The lowest BCUT2D eigenvalue weighted by Crippen LogP contribution is -2.02. The molecule has 0 saturated carbocycles. The van der Waals surface area contributed by atoms with Crippen LogP contribution in [-0.2, 0) is 13.1 Å². The standard InChI is InChI=1S/C22H19N5OS2/c23-11-6-12-27-14-18(17-9-4-5-10-19(17)27)20(28)15-29-22-26-25-21(30-22)24-13-16-7-2-1-3-8-16/h1-5,7-10,14H,6,12-13,15H2,(H,24,25). The topological polar surface area (TPSA) is 83.6 Å². The van der Waals surface area contributed by atoms with Crippen molar-refractivity contribution in [3.8, 4) is 6.07 Å². The summed E-state index contributed by atoms with van der Waals surface area (Å²) in [5, 5.41) is 22.1. The van der Waals surface area contributed by atoms with Gasteiger partial charge in [-0.2, -0.15) is 5.26 Å². The molecule has 0 amide bonds. The Morgan fingerprint density at radius 2 is 1.93 bits per heavy atom. The van der Waals surface area contributed by atoms with E-state index >= 15 is 0 Å². The van der Waals surface area contributed by atoms with E-state index in [1.54, 1.807) is 0 Å². The molecule has 2 aromatic carbocycles. The van der Waals surface area contributed by atoms with Crippen LogP contribution in [0.3, 0.4) is 0 Å². The highest BCUT2D eigenvalue weighted by Gasteiger charge is 2.16. The maximum Gasteiger partial charge on any atom is 0.206 e. The van der Waals surface area contributed by atoms with Crippen LogP contribution in [0.5, 0.6) is 0 Å². The van der Waals surface area contributed by atoms with E-state index in [2.05, 4.69) is 33.7 Å². The Balaban J connectivity index is 1.39. The zero-order valence-corrected chi connectivity index (χ0v) is 17.7. The van der Waals surface area contributed by atoms with Crippen molar-refractivity contribution in [3.05, 3.63) is 71.9 Å². The number of para-hydroxylation sites is 1. The van der Waals surface area contributed by atoms with Crippen molar-refractivity contribution >= 4 is 44.9 Å². The lowest BCUT2D eigenvalue weighted by atomic mass is 10.1. The summed E-state index contributed by atoms with van der Waals surface area (Å²) in [4.78, 5) is 12.9. The number of nitrogens with zero attached hydrogens (tertiary/aromatic N) is 4. The first-order chi connectivity index (χ1) is 14.7. The summed E-state index contributed by atoms with van der Waals surface area (Å²) < 4.78 is 2.74. The number of carbonyl (C=O) groups excluding carboxylic acids is 1. The number of aryl methyl sites for hydroxylation is 1. The molecule has 0 saturated heterocycles. The molecule has 0 bridgehead atoms. The molecule has 8 heteroatoms. The van der Waals surface area contributed by atoms with Crippen LogP contribution in [0.25, 0.3) is 10.9 Å². The number of hydrogen-bond acceptors (Lipinski definition) is 7. The molecule has 0 atom stereocenters. The fourth-order valence-electron chi connectivity index (χ4n) is 3.14. The van der Waals surface area contributed by atoms with Gasteiger partial charge in [0.25, 0.3) is 0 Å². The first kappa shape index (κ1) is 20.1. The molecule has 0 aliphatic rings. The van der Waals surface area contributed by atoms with Gasteiger partial charge in [0, 0.05) is 35.8 Å². The first-order valence-corrected chi connectivity index (χ1v) is 11.3. The number of benzene rings is 2. The van der Waals surface area contributed by atoms with Crippen molar-refractivity contribution in [1.29, 1.82) is 5.26 Å². The molecule has 6 nitrogen and oxygen atoms in total. The lowest BCUT2D eigenvalue weighted by molar-refractivity contribution is 0.102. The Labute approximate surface area is 182 Å². The van der Waals surface area contributed by atoms with Gasteiger partial charge < -0.3 is 9.88 Å². The van der Waals surface area contributed by atoms with Gasteiger partial charge >= 0.3 is 0 Å². The second kappa shape index (κ2) is 9.57. The van der Waals surface area contributed by atoms with E-state index in [1.165, 1.54) is 28.7 Å². The Bertz CT molecular complexity index is 1190. The van der Waals surface area contributed by atoms with E-state index in [0.717, 1.165) is 20.4 Å². The molecule has 4 rings (SSSR count). The monoisotopic (exact) mass is 433 g/mol. The van der Waals surface area contributed by atoms with E-state index in [0.29, 0.717) is 30.8 Å². The van der Waals surface area contributed by atoms with Crippen LogP contribution in [0.15, 0.2) is 65.1 Å². The van der Waals surface area contributed by atoms with Crippen LogP contribution in [0.1, 0.15) is 22.3 Å². The third-order valence-corrected chi connectivity index (χ3v) is 6.59. The summed E-state index contributed by atoms with van der Waals surface area (Å²) in [6.07, 6.45) is 2.27. The normalized spacial score (nSPS) is 10.8. The number of Topliss-reactive ketones (excluding diaryl/α,β-unsaturated/α-hetero) is 1. The number of nitriles is 1. The summed E-state index contributed by atoms with van der Waals surface area (Å²) in [5.41, 5.74) is 2.83. The number of rotatable bonds is 9. The van der Waals surface area contributed by atoms with Gasteiger partial charge in [0.1, 0.15) is 0 Å². The predicted octanol–water partition coefficient (Wildman–Crippen LogP) is 4.99. The minimum atomic E-state index is 0.0425. The van der Waals surface area contributed by atoms with Gasteiger partial charge in [-0.25, -0.2) is 0 Å². The van der Waals surface area contributed by atoms with Crippen LogP contribution in [0, 0.1) is 11.3 Å². The molecule has 0 aliphatic carbocycles. The molecule has 2 aromatic heterocycles. The molecule has 0 aliphatic heterocycles. The quantitative estimate of drug-likeness (QED) is 0.296. The molecular weight excluding hydrogens is 414 g/mol. The fraction of sp³-hybridized carbons (Fsp3) is 0.182. The van der Waals surface area contributed by atoms with Crippen molar-refractivity contribution in [2.45, 2.75) is 23.8 Å². The third kappa shape index (κ3) is 4.70. The zero-order valence-electron chi connectivity index (χ0n) is 16.1. The summed E-state index contributed by atoms with van der Waals surface area (Å²) in [6.45, 7) is 1.26. The lowest BCUT2D eigenvalue weighted by Gasteiger charge is -2.01. The zero-order chi connectivity index (χ0) is 20.8. The Morgan fingerprint density at radius 3 is 2.77 bits per heavy atom. The second-order valence-electron chi connectivity index (χ2n) is 6.59. The summed E-state index contributed by atoms with van der Waals surface area (Å²) in [5.74, 6) is 0.334. The predicted molar refractivity (Wildman–Crippen MR) is 121 cm³/mol. The summed E-state index contributed by atoms with van der Waals surface area (Å²) >= 11 is 2.84. The number of ketones is 1. The van der Waals surface area contributed by atoms with Gasteiger partial charge in [0.2, 0.25) is 5.13 Å². The van der Waals surface area contributed by atoms with Gasteiger partial charge in [-0.1, -0.05) is 71.6 Å². The Hall–Kier alpha value is -3.15. The van der Waals surface area contributed by atoms with Gasteiger partial charge in [-0.3, -0.25) is 4.79 Å². The van der Waals surface area contributed by atoms with Gasteiger partial charge in [0.05, 0.1) is 18.2 Å². The SMILES string of the molecule is N#CCCn1cc(C(=O)CSc2nnc(NCc3ccccc3)s2)c2ccccc21. The number of thioether (sulfide) groups is 1. The molecule has 0 unspecified atom stereocenters. The third-order valence-electron chi connectivity index (χ3n) is 4.57. The average molecular weight is 434 g/mol. The van der Waals surface area contributed by atoms with Crippen molar-refractivity contribution in [1.82, 2.24) is 14.8 Å². The van der Waals surface area contributed by atoms with Crippen molar-refractivity contribution in [3.63, 3.8) is 0 Å². The van der Waals surface area contributed by atoms with E-state index in [-0.39, 0.29) is 5.78 Å². The molecule has 0 spiro atoms. The molecule has 1 N–H and O–H groups in total. The Kier molecular flexibility index (Phi) is 6.42. The van der Waals surface area contributed by atoms with Crippen molar-refractivity contribution in [2.75, 3.05) is 11.1 Å². The minimum Gasteiger partial charge on any atom is -0.356 e. The largest absolute Gasteiger partial charge is 0.356 e. The van der Waals surface area contributed by atoms with E-state index in [4.69, 9.17) is 5.26 Å². The highest BCUT2D eigenvalue weighted by atomic mass is 32.2. The summed E-state index contributed by atoms with van der Waals surface area (Å²) in [6, 6.07) is 20.1. The molecule has 0 fully saturated rings. The van der Waals surface area contributed by atoms with Crippen LogP contribution in [0.2, 0.25) is 0 Å². The number of fused-ring (bicyclic) bond motifs is 1.